The van der Waals surface area contributed by atoms with Crippen LogP contribution in [0.1, 0.15) is 50.2 Å². The summed E-state index contributed by atoms with van der Waals surface area (Å²) in [4.78, 5) is 16.5. The second-order valence-corrected chi connectivity index (χ2v) is 6.53. The van der Waals surface area contributed by atoms with E-state index in [1.807, 2.05) is 6.92 Å². The molecule has 0 bridgehead atoms. The van der Waals surface area contributed by atoms with Gasteiger partial charge in [-0.1, -0.05) is 31.4 Å². The monoisotopic (exact) mass is 476 g/mol. The molecular formula is C19H30FIN4O. The molecule has 26 heavy (non-hydrogen) atoms. The van der Waals surface area contributed by atoms with Gasteiger partial charge in [0.25, 0.3) is 0 Å². The third kappa shape index (κ3) is 7.88. The number of nitrogens with one attached hydrogen (secondary N) is 3. The zero-order valence-corrected chi connectivity index (χ0v) is 17.9. The largest absolute Gasteiger partial charge is 0.357 e. The van der Waals surface area contributed by atoms with Gasteiger partial charge in [-0.05, 0) is 43.9 Å². The summed E-state index contributed by atoms with van der Waals surface area (Å²) in [7, 11) is 0. The summed E-state index contributed by atoms with van der Waals surface area (Å²) in [6.07, 6.45) is 5.80. The number of benzene rings is 1. The van der Waals surface area contributed by atoms with Crippen LogP contribution in [0.4, 0.5) is 4.39 Å². The molecule has 146 valence electrons. The standard InChI is InChI=1S/C19H29FN4O.HI/c1-3-21-19(22-12-15-9-10-17(20)14(2)11-15)23-13-18(25)24-16-7-5-4-6-8-16;/h9-11,16H,3-8,12-13H2,1-2H3,(H,24,25)(H2,21,22,23);1H. The molecule has 0 heterocycles. The maximum atomic E-state index is 13.3. The minimum absolute atomic E-state index is 0. The average molecular weight is 476 g/mol. The van der Waals surface area contributed by atoms with Gasteiger partial charge in [-0.25, -0.2) is 9.38 Å². The van der Waals surface area contributed by atoms with Crippen LogP contribution in [-0.2, 0) is 11.3 Å². The Balaban J connectivity index is 0.00000338. The highest BCUT2D eigenvalue weighted by Gasteiger charge is 2.15. The number of hydrogen-bond donors (Lipinski definition) is 3. The molecule has 0 atom stereocenters. The van der Waals surface area contributed by atoms with E-state index in [4.69, 9.17) is 0 Å². The maximum absolute atomic E-state index is 13.3. The fraction of sp³-hybridized carbons (Fsp3) is 0.579. The highest BCUT2D eigenvalue weighted by atomic mass is 127. The first-order valence-corrected chi connectivity index (χ1v) is 9.15. The van der Waals surface area contributed by atoms with E-state index in [2.05, 4.69) is 20.9 Å². The summed E-state index contributed by atoms with van der Waals surface area (Å²) in [6.45, 7) is 5.05. The van der Waals surface area contributed by atoms with Crippen molar-refractivity contribution < 1.29 is 9.18 Å². The Morgan fingerprint density at radius 3 is 2.62 bits per heavy atom. The third-order valence-corrected chi connectivity index (χ3v) is 4.37. The summed E-state index contributed by atoms with van der Waals surface area (Å²) in [5, 5.41) is 9.26. The Morgan fingerprint density at radius 1 is 1.23 bits per heavy atom. The van der Waals surface area contributed by atoms with Crippen LogP contribution in [0.5, 0.6) is 0 Å². The molecule has 7 heteroatoms. The number of hydrogen-bond acceptors (Lipinski definition) is 2. The highest BCUT2D eigenvalue weighted by Crippen LogP contribution is 2.17. The van der Waals surface area contributed by atoms with Gasteiger partial charge in [0.05, 0.1) is 13.1 Å². The summed E-state index contributed by atoms with van der Waals surface area (Å²) in [5.74, 6) is 0.371. The summed E-state index contributed by atoms with van der Waals surface area (Å²) in [5.41, 5.74) is 1.54. The van der Waals surface area contributed by atoms with Crippen LogP contribution in [0.3, 0.4) is 0 Å². The van der Waals surface area contributed by atoms with Crippen LogP contribution in [0.2, 0.25) is 0 Å². The van der Waals surface area contributed by atoms with Crippen molar-refractivity contribution in [2.75, 3.05) is 13.1 Å². The zero-order valence-electron chi connectivity index (χ0n) is 15.6. The van der Waals surface area contributed by atoms with E-state index in [1.54, 1.807) is 19.1 Å². The Morgan fingerprint density at radius 2 is 1.96 bits per heavy atom. The number of amides is 1. The number of aliphatic imine (C=N–C) groups is 1. The van der Waals surface area contributed by atoms with Crippen molar-refractivity contribution >= 4 is 35.8 Å². The van der Waals surface area contributed by atoms with Crippen LogP contribution in [0.15, 0.2) is 23.2 Å². The Bertz CT molecular complexity index is 603. The van der Waals surface area contributed by atoms with Crippen LogP contribution in [0, 0.1) is 12.7 Å². The second-order valence-electron chi connectivity index (χ2n) is 6.53. The third-order valence-electron chi connectivity index (χ3n) is 4.37. The molecule has 5 nitrogen and oxygen atoms in total. The van der Waals surface area contributed by atoms with Crippen LogP contribution in [0.25, 0.3) is 0 Å². The van der Waals surface area contributed by atoms with Crippen molar-refractivity contribution in [2.24, 2.45) is 4.99 Å². The smallest absolute Gasteiger partial charge is 0.239 e. The van der Waals surface area contributed by atoms with Gasteiger partial charge in [0.1, 0.15) is 5.82 Å². The predicted octanol–water partition coefficient (Wildman–Crippen LogP) is 3.26. The van der Waals surface area contributed by atoms with E-state index >= 15 is 0 Å². The molecule has 0 radical (unpaired) electrons. The van der Waals surface area contributed by atoms with E-state index < -0.39 is 0 Å². The lowest BCUT2D eigenvalue weighted by molar-refractivity contribution is -0.120. The fourth-order valence-electron chi connectivity index (χ4n) is 3.01. The molecule has 1 aliphatic carbocycles. The van der Waals surface area contributed by atoms with E-state index in [9.17, 15) is 9.18 Å². The molecule has 0 saturated heterocycles. The van der Waals surface area contributed by atoms with Gasteiger partial charge < -0.3 is 16.0 Å². The van der Waals surface area contributed by atoms with Gasteiger partial charge in [0.15, 0.2) is 5.96 Å². The molecule has 1 amide bonds. The van der Waals surface area contributed by atoms with Crippen molar-refractivity contribution in [1.82, 2.24) is 16.0 Å². The van der Waals surface area contributed by atoms with Crippen molar-refractivity contribution in [1.29, 1.82) is 0 Å². The minimum atomic E-state index is -0.211. The Hall–Kier alpha value is -1.38. The fourth-order valence-corrected chi connectivity index (χ4v) is 3.01. The summed E-state index contributed by atoms with van der Waals surface area (Å²) >= 11 is 0. The first-order chi connectivity index (χ1) is 12.1. The van der Waals surface area contributed by atoms with E-state index in [-0.39, 0.29) is 42.2 Å². The van der Waals surface area contributed by atoms with Crippen molar-refractivity contribution in [3.05, 3.63) is 35.1 Å². The van der Waals surface area contributed by atoms with Crippen molar-refractivity contribution in [2.45, 2.75) is 58.5 Å². The van der Waals surface area contributed by atoms with Crippen molar-refractivity contribution in [3.63, 3.8) is 0 Å². The van der Waals surface area contributed by atoms with Gasteiger partial charge in [0.2, 0.25) is 5.91 Å². The molecule has 1 fully saturated rings. The number of halogens is 2. The average Bonchev–Trinajstić information content (AvgIpc) is 2.61. The van der Waals surface area contributed by atoms with Gasteiger partial charge >= 0.3 is 0 Å². The normalized spacial score (nSPS) is 15.1. The van der Waals surface area contributed by atoms with E-state index in [0.29, 0.717) is 30.7 Å². The molecular weight excluding hydrogens is 446 g/mol. The quantitative estimate of drug-likeness (QED) is 0.336. The zero-order chi connectivity index (χ0) is 18.1. The number of guanidine groups is 1. The first-order valence-electron chi connectivity index (χ1n) is 9.15. The van der Waals surface area contributed by atoms with Gasteiger partial charge in [-0.15, -0.1) is 24.0 Å². The lowest BCUT2D eigenvalue weighted by Crippen LogP contribution is -2.46. The van der Waals surface area contributed by atoms with Crippen LogP contribution in [-0.4, -0.2) is 31.0 Å². The van der Waals surface area contributed by atoms with Crippen LogP contribution >= 0.6 is 24.0 Å². The molecule has 0 aliphatic heterocycles. The maximum Gasteiger partial charge on any atom is 0.239 e. The van der Waals surface area contributed by atoms with Gasteiger partial charge in [-0.2, -0.15) is 0 Å². The minimum Gasteiger partial charge on any atom is -0.357 e. The Kier molecular flexibility index (Phi) is 10.5. The molecule has 3 N–H and O–H groups in total. The summed E-state index contributed by atoms with van der Waals surface area (Å²) in [6, 6.07) is 5.28. The van der Waals surface area contributed by atoms with E-state index in [0.717, 1.165) is 18.4 Å². The first kappa shape index (κ1) is 22.7. The summed E-state index contributed by atoms with van der Waals surface area (Å²) < 4.78 is 13.3. The molecule has 0 spiro atoms. The lowest BCUT2D eigenvalue weighted by Gasteiger charge is -2.23. The van der Waals surface area contributed by atoms with Crippen LogP contribution < -0.4 is 16.0 Å². The molecule has 0 unspecified atom stereocenters. The predicted molar refractivity (Wildman–Crippen MR) is 114 cm³/mol. The number of rotatable bonds is 6. The molecule has 0 aromatic heterocycles. The van der Waals surface area contributed by atoms with E-state index in [1.165, 1.54) is 25.3 Å². The number of carbonyl (C=O) groups excluding carboxylic acids is 1. The SMILES string of the molecule is CCNC(=NCc1ccc(F)c(C)c1)NCC(=O)NC1CCCCC1.I. The molecule has 2 rings (SSSR count). The number of aryl methyl sites for hydroxylation is 1. The van der Waals surface area contributed by atoms with Gasteiger partial charge in [0, 0.05) is 12.6 Å². The van der Waals surface area contributed by atoms with Crippen molar-refractivity contribution in [3.8, 4) is 0 Å². The topological polar surface area (TPSA) is 65.5 Å². The number of carbonyl (C=O) groups is 1. The molecule has 1 aromatic rings. The molecule has 1 saturated carbocycles. The molecule has 1 aromatic carbocycles. The second kappa shape index (κ2) is 12.1. The highest BCUT2D eigenvalue weighted by molar-refractivity contribution is 14.0. The number of nitrogens with zero attached hydrogens (tertiary/aromatic N) is 1. The lowest BCUT2D eigenvalue weighted by atomic mass is 9.95. The van der Waals surface area contributed by atoms with Gasteiger partial charge in [-0.3, -0.25) is 4.79 Å². The molecule has 1 aliphatic rings. The Labute approximate surface area is 172 Å².